The largest absolute Gasteiger partial charge is 0.311 e. The van der Waals surface area contributed by atoms with Gasteiger partial charge in [-0.3, -0.25) is 0 Å². The second-order valence-electron chi connectivity index (χ2n) is 16.5. The molecule has 0 saturated heterocycles. The fourth-order valence-electron chi connectivity index (χ4n) is 11.7. The maximum atomic E-state index is 2.52. The number of para-hydroxylation sites is 1. The monoisotopic (exact) mass is 695 g/mol. The fraction of sp³-hybridized carbons (Fsp3) is 0.208. The molecule has 0 heterocycles. The minimum absolute atomic E-state index is 0.187. The van der Waals surface area contributed by atoms with Crippen LogP contribution in [0.2, 0.25) is 0 Å². The summed E-state index contributed by atoms with van der Waals surface area (Å²) >= 11 is 0. The molecule has 54 heavy (non-hydrogen) atoms. The van der Waals surface area contributed by atoms with Gasteiger partial charge in [0.05, 0.1) is 0 Å². The van der Waals surface area contributed by atoms with Gasteiger partial charge in [0.15, 0.2) is 0 Å². The van der Waals surface area contributed by atoms with Gasteiger partial charge in [0, 0.05) is 22.5 Å². The van der Waals surface area contributed by atoms with Crippen LogP contribution in [-0.2, 0) is 5.41 Å². The van der Waals surface area contributed by atoms with Crippen LogP contribution in [0, 0.1) is 23.7 Å². The van der Waals surface area contributed by atoms with Gasteiger partial charge >= 0.3 is 0 Å². The molecule has 1 heteroatoms. The van der Waals surface area contributed by atoms with Crippen LogP contribution >= 0.6 is 0 Å². The lowest BCUT2D eigenvalue weighted by Crippen LogP contribution is -2.48. The third kappa shape index (κ3) is 4.98. The Kier molecular flexibility index (Phi) is 7.51. The molecule has 1 spiro atoms. The van der Waals surface area contributed by atoms with E-state index in [9.17, 15) is 0 Å². The molecule has 5 aliphatic rings. The Labute approximate surface area is 320 Å². The van der Waals surface area contributed by atoms with E-state index in [1.807, 2.05) is 0 Å². The second-order valence-corrected chi connectivity index (χ2v) is 16.5. The highest BCUT2D eigenvalue weighted by Crippen LogP contribution is 2.68. The molecule has 0 N–H and O–H groups in total. The Bertz CT molecular complexity index is 2440. The molecule has 4 fully saturated rings. The molecule has 262 valence electrons. The number of nitrogens with zero attached hydrogens (tertiary/aromatic N) is 1. The number of fused-ring (bicyclic) bond motifs is 4. The zero-order valence-corrected chi connectivity index (χ0v) is 30.7. The molecule has 4 bridgehead atoms. The van der Waals surface area contributed by atoms with E-state index in [1.54, 1.807) is 11.1 Å². The van der Waals surface area contributed by atoms with Gasteiger partial charge < -0.3 is 4.90 Å². The summed E-state index contributed by atoms with van der Waals surface area (Å²) < 4.78 is 0. The van der Waals surface area contributed by atoms with Crippen molar-refractivity contribution in [2.75, 3.05) is 4.90 Å². The summed E-state index contributed by atoms with van der Waals surface area (Å²) in [5.41, 5.74) is 17.5. The van der Waals surface area contributed by atoms with E-state index in [-0.39, 0.29) is 5.41 Å². The molecule has 7 aromatic carbocycles. The van der Waals surface area contributed by atoms with Crippen molar-refractivity contribution in [1.82, 2.24) is 0 Å². The quantitative estimate of drug-likeness (QED) is 0.167. The van der Waals surface area contributed by atoms with Gasteiger partial charge in [-0.1, -0.05) is 146 Å². The third-order valence-corrected chi connectivity index (χ3v) is 13.8. The van der Waals surface area contributed by atoms with Gasteiger partial charge in [-0.15, -0.1) is 0 Å². The molecule has 0 aromatic heterocycles. The summed E-state index contributed by atoms with van der Waals surface area (Å²) in [6, 6.07) is 65.4. The molecule has 5 unspecified atom stereocenters. The van der Waals surface area contributed by atoms with Crippen LogP contribution in [0.5, 0.6) is 0 Å². The van der Waals surface area contributed by atoms with Crippen LogP contribution in [0.25, 0.3) is 44.5 Å². The summed E-state index contributed by atoms with van der Waals surface area (Å²) in [5, 5.41) is 0. The van der Waals surface area contributed by atoms with Crippen LogP contribution in [0.1, 0.15) is 49.7 Å². The molecule has 0 amide bonds. The molecule has 12 rings (SSSR count). The molecular weight excluding hydrogens is 651 g/mol. The van der Waals surface area contributed by atoms with Crippen LogP contribution in [-0.4, -0.2) is 0 Å². The average molecular weight is 696 g/mol. The average Bonchev–Trinajstić information content (AvgIpc) is 3.38. The first-order chi connectivity index (χ1) is 26.7. The van der Waals surface area contributed by atoms with E-state index in [0.29, 0.717) is 0 Å². The van der Waals surface area contributed by atoms with Crippen molar-refractivity contribution in [3.63, 3.8) is 0 Å². The first-order valence-corrected chi connectivity index (χ1v) is 20.2. The van der Waals surface area contributed by atoms with Crippen molar-refractivity contribution >= 4 is 17.1 Å². The lowest BCUT2D eigenvalue weighted by atomic mass is 9.51. The van der Waals surface area contributed by atoms with Crippen LogP contribution in [0.4, 0.5) is 17.1 Å². The van der Waals surface area contributed by atoms with Gasteiger partial charge in [-0.25, -0.2) is 0 Å². The highest BCUT2D eigenvalue weighted by Gasteiger charge is 2.59. The maximum absolute atomic E-state index is 2.52. The van der Waals surface area contributed by atoms with Crippen molar-refractivity contribution in [1.29, 1.82) is 0 Å². The van der Waals surface area contributed by atoms with Gasteiger partial charge in [0.1, 0.15) is 0 Å². The lowest BCUT2D eigenvalue weighted by Gasteiger charge is -2.53. The molecule has 0 radical (unpaired) electrons. The topological polar surface area (TPSA) is 3.24 Å². The maximum Gasteiger partial charge on any atom is 0.0462 e. The fourth-order valence-corrected chi connectivity index (χ4v) is 11.7. The van der Waals surface area contributed by atoms with Crippen LogP contribution in [0.15, 0.2) is 176 Å². The predicted molar refractivity (Wildman–Crippen MR) is 225 cm³/mol. The second kappa shape index (κ2) is 12.7. The van der Waals surface area contributed by atoms with Crippen molar-refractivity contribution in [2.24, 2.45) is 23.7 Å². The number of hydrogen-bond donors (Lipinski definition) is 0. The summed E-state index contributed by atoms with van der Waals surface area (Å²) in [5.74, 6) is 3.42. The Morgan fingerprint density at radius 2 is 0.852 bits per heavy atom. The zero-order valence-electron chi connectivity index (χ0n) is 30.7. The minimum atomic E-state index is 0.187. The molecule has 4 saturated carbocycles. The SMILES string of the molecule is c1ccc(-c2ccc(N(c3ccccc3)c3ccc(-c4ccc(-c5cccc6c5-c5ccccc5C65C6CCC7CC(C6)CC5C7)cc4)cc3)cc2)cc1. The summed E-state index contributed by atoms with van der Waals surface area (Å²) in [7, 11) is 0. The Morgan fingerprint density at radius 3 is 1.56 bits per heavy atom. The predicted octanol–water partition coefficient (Wildman–Crippen LogP) is 14.3. The first-order valence-electron chi connectivity index (χ1n) is 20.2. The molecule has 7 aromatic rings. The number of hydrogen-bond acceptors (Lipinski definition) is 1. The third-order valence-electron chi connectivity index (χ3n) is 13.8. The van der Waals surface area contributed by atoms with Crippen LogP contribution < -0.4 is 4.90 Å². The smallest absolute Gasteiger partial charge is 0.0462 e. The van der Waals surface area contributed by atoms with Crippen molar-refractivity contribution < 1.29 is 0 Å². The van der Waals surface area contributed by atoms with Crippen LogP contribution in [0.3, 0.4) is 0 Å². The zero-order chi connectivity index (χ0) is 35.6. The van der Waals surface area contributed by atoms with E-state index in [0.717, 1.165) is 40.7 Å². The van der Waals surface area contributed by atoms with Gasteiger partial charge in [-0.05, 0) is 148 Å². The Hall–Kier alpha value is -5.66. The van der Waals surface area contributed by atoms with E-state index < -0.39 is 0 Å². The summed E-state index contributed by atoms with van der Waals surface area (Å²) in [6.45, 7) is 0. The Morgan fingerprint density at radius 1 is 0.352 bits per heavy atom. The highest BCUT2D eigenvalue weighted by molar-refractivity contribution is 5.93. The number of rotatable bonds is 6. The molecular formula is C53H45N. The Balaban J connectivity index is 0.923. The first kappa shape index (κ1) is 31.8. The lowest BCUT2D eigenvalue weighted by molar-refractivity contribution is 0.0618. The van der Waals surface area contributed by atoms with Gasteiger partial charge in [0.2, 0.25) is 0 Å². The van der Waals surface area contributed by atoms with Crippen molar-refractivity contribution in [3.05, 3.63) is 187 Å². The highest BCUT2D eigenvalue weighted by atomic mass is 15.1. The standard InChI is InChI=1S/C53H45N/c1-3-10-38(11-4-1)40-23-28-46(29-24-40)54(45-12-5-2-6-13-45)47-30-25-41(26-31-47)39-19-21-42(22-20-39)48-15-9-17-51-52(48)49-14-7-8-16-50(49)53(51)43-27-18-36-32-37(34-43)35-44(53)33-36/h1-17,19-26,28-31,36-37,43-44H,18,27,32-35H2. The van der Waals surface area contributed by atoms with Gasteiger partial charge in [-0.2, -0.15) is 0 Å². The summed E-state index contributed by atoms with van der Waals surface area (Å²) in [6.07, 6.45) is 8.57. The minimum Gasteiger partial charge on any atom is -0.311 e. The molecule has 5 atom stereocenters. The van der Waals surface area contributed by atoms with E-state index in [4.69, 9.17) is 0 Å². The molecule has 1 nitrogen and oxygen atoms in total. The number of benzene rings is 7. The van der Waals surface area contributed by atoms with E-state index >= 15 is 0 Å². The van der Waals surface area contributed by atoms with Crippen molar-refractivity contribution in [2.45, 2.75) is 43.9 Å². The van der Waals surface area contributed by atoms with Crippen molar-refractivity contribution in [3.8, 4) is 44.5 Å². The van der Waals surface area contributed by atoms with E-state index in [2.05, 4.69) is 181 Å². The molecule has 5 aliphatic carbocycles. The summed E-state index contributed by atoms with van der Waals surface area (Å²) in [4.78, 5) is 2.34. The van der Waals surface area contributed by atoms with Gasteiger partial charge in [0.25, 0.3) is 0 Å². The van der Waals surface area contributed by atoms with E-state index in [1.165, 1.54) is 83.0 Å². The normalized spacial score (nSPS) is 23.2. The number of anilines is 3. The molecule has 0 aliphatic heterocycles.